The van der Waals surface area contributed by atoms with Gasteiger partial charge in [0.2, 0.25) is 0 Å². The number of carbonyl (C=O) groups excluding carboxylic acids is 2. The third-order valence-electron chi connectivity index (χ3n) is 3.99. The number of methoxy groups -OCH3 is 1. The molecule has 2 aromatic rings. The maximum atomic E-state index is 12.2. The van der Waals surface area contributed by atoms with Crippen molar-refractivity contribution in [1.29, 1.82) is 0 Å². The van der Waals surface area contributed by atoms with Gasteiger partial charge in [-0.05, 0) is 55.2 Å². The molecule has 1 amide bonds. The summed E-state index contributed by atoms with van der Waals surface area (Å²) in [6.45, 7) is 6.36. The molecule has 28 heavy (non-hydrogen) atoms. The second-order valence-corrected chi connectivity index (χ2v) is 6.89. The zero-order valence-corrected chi connectivity index (χ0v) is 16.8. The molecule has 0 saturated carbocycles. The van der Waals surface area contributed by atoms with Gasteiger partial charge in [0.1, 0.15) is 0 Å². The SMILES string of the molecule is COc1cc(C(=O)OCC(=O)Nc2cccc(C)c2)ccc1OCCC(C)C. The summed E-state index contributed by atoms with van der Waals surface area (Å²) in [4.78, 5) is 24.2. The molecule has 0 aliphatic carbocycles. The van der Waals surface area contributed by atoms with E-state index >= 15 is 0 Å². The van der Waals surface area contributed by atoms with Crippen LogP contribution in [0.2, 0.25) is 0 Å². The van der Waals surface area contributed by atoms with Gasteiger partial charge in [-0.15, -0.1) is 0 Å². The lowest BCUT2D eigenvalue weighted by molar-refractivity contribution is -0.119. The van der Waals surface area contributed by atoms with Crippen molar-refractivity contribution < 1.29 is 23.8 Å². The molecule has 0 unspecified atom stereocenters. The standard InChI is InChI=1S/C22H27NO5/c1-15(2)10-11-27-19-9-8-17(13-20(19)26-4)22(25)28-14-21(24)23-18-7-5-6-16(3)12-18/h5-9,12-13,15H,10-11,14H2,1-4H3,(H,23,24). The number of carbonyl (C=O) groups is 2. The summed E-state index contributed by atoms with van der Waals surface area (Å²) in [6, 6.07) is 12.2. The Morgan fingerprint density at radius 2 is 1.86 bits per heavy atom. The van der Waals surface area contributed by atoms with E-state index in [0.717, 1.165) is 12.0 Å². The summed E-state index contributed by atoms with van der Waals surface area (Å²) in [5.41, 5.74) is 1.97. The van der Waals surface area contributed by atoms with Crippen LogP contribution in [0.25, 0.3) is 0 Å². The number of anilines is 1. The molecule has 0 fully saturated rings. The lowest BCUT2D eigenvalue weighted by Gasteiger charge is -2.13. The number of nitrogens with one attached hydrogen (secondary N) is 1. The Morgan fingerprint density at radius 1 is 1.07 bits per heavy atom. The third-order valence-corrected chi connectivity index (χ3v) is 3.99. The van der Waals surface area contributed by atoms with Crippen molar-refractivity contribution in [3.8, 4) is 11.5 Å². The first-order valence-corrected chi connectivity index (χ1v) is 9.23. The number of rotatable bonds is 9. The van der Waals surface area contributed by atoms with E-state index in [0.29, 0.717) is 29.7 Å². The van der Waals surface area contributed by atoms with Crippen molar-refractivity contribution in [3.63, 3.8) is 0 Å². The van der Waals surface area contributed by atoms with E-state index in [9.17, 15) is 9.59 Å². The Balaban J connectivity index is 1.91. The largest absolute Gasteiger partial charge is 0.493 e. The van der Waals surface area contributed by atoms with Crippen molar-refractivity contribution >= 4 is 17.6 Å². The van der Waals surface area contributed by atoms with Gasteiger partial charge in [-0.3, -0.25) is 4.79 Å². The number of aryl methyl sites for hydroxylation is 1. The van der Waals surface area contributed by atoms with Gasteiger partial charge in [0.05, 0.1) is 19.3 Å². The topological polar surface area (TPSA) is 73.9 Å². The first kappa shape index (κ1) is 21.3. The van der Waals surface area contributed by atoms with E-state index < -0.39 is 11.9 Å². The molecule has 0 aliphatic rings. The highest BCUT2D eigenvalue weighted by molar-refractivity contribution is 5.95. The zero-order valence-electron chi connectivity index (χ0n) is 16.8. The highest BCUT2D eigenvalue weighted by Crippen LogP contribution is 2.28. The molecule has 0 spiro atoms. The second kappa shape index (κ2) is 10.3. The molecule has 6 nitrogen and oxygen atoms in total. The van der Waals surface area contributed by atoms with Gasteiger partial charge in [0.15, 0.2) is 18.1 Å². The Kier molecular flexibility index (Phi) is 7.87. The van der Waals surface area contributed by atoms with Crippen molar-refractivity contribution in [2.45, 2.75) is 27.2 Å². The molecule has 6 heteroatoms. The Morgan fingerprint density at radius 3 is 2.54 bits per heavy atom. The van der Waals surface area contributed by atoms with Gasteiger partial charge < -0.3 is 19.5 Å². The normalized spacial score (nSPS) is 10.5. The van der Waals surface area contributed by atoms with E-state index in [1.807, 2.05) is 25.1 Å². The predicted molar refractivity (Wildman–Crippen MR) is 108 cm³/mol. The predicted octanol–water partition coefficient (Wildman–Crippen LogP) is 4.22. The average molecular weight is 385 g/mol. The van der Waals surface area contributed by atoms with E-state index in [1.54, 1.807) is 24.3 Å². The first-order valence-electron chi connectivity index (χ1n) is 9.23. The molecule has 2 rings (SSSR count). The maximum Gasteiger partial charge on any atom is 0.338 e. The molecule has 0 aromatic heterocycles. The molecule has 150 valence electrons. The minimum absolute atomic E-state index is 0.288. The zero-order chi connectivity index (χ0) is 20.5. The maximum absolute atomic E-state index is 12.2. The summed E-state index contributed by atoms with van der Waals surface area (Å²) in [5.74, 6) is 0.538. The van der Waals surface area contributed by atoms with Crippen LogP contribution >= 0.6 is 0 Å². The quantitative estimate of drug-likeness (QED) is 0.654. The van der Waals surface area contributed by atoms with Crippen LogP contribution < -0.4 is 14.8 Å². The van der Waals surface area contributed by atoms with Gasteiger partial charge >= 0.3 is 5.97 Å². The first-order chi connectivity index (χ1) is 13.4. The van der Waals surface area contributed by atoms with E-state index in [1.165, 1.54) is 7.11 Å². The number of hydrogen-bond donors (Lipinski definition) is 1. The van der Waals surface area contributed by atoms with Crippen LogP contribution in [-0.2, 0) is 9.53 Å². The third kappa shape index (κ3) is 6.61. The fourth-order valence-corrected chi connectivity index (χ4v) is 2.45. The highest BCUT2D eigenvalue weighted by atomic mass is 16.5. The summed E-state index contributed by atoms with van der Waals surface area (Å²) in [7, 11) is 1.51. The Labute approximate surface area is 165 Å². The van der Waals surface area contributed by atoms with Crippen LogP contribution in [0, 0.1) is 12.8 Å². The lowest BCUT2D eigenvalue weighted by Crippen LogP contribution is -2.21. The van der Waals surface area contributed by atoms with Gasteiger partial charge in [-0.2, -0.15) is 0 Å². The van der Waals surface area contributed by atoms with Crippen molar-refractivity contribution in [3.05, 3.63) is 53.6 Å². The van der Waals surface area contributed by atoms with Crippen LogP contribution in [0.5, 0.6) is 11.5 Å². The molecule has 0 radical (unpaired) electrons. The number of benzene rings is 2. The number of amides is 1. The molecule has 1 N–H and O–H groups in total. The minimum Gasteiger partial charge on any atom is -0.493 e. The average Bonchev–Trinajstić information content (AvgIpc) is 2.66. The van der Waals surface area contributed by atoms with Crippen LogP contribution in [-0.4, -0.2) is 32.2 Å². The van der Waals surface area contributed by atoms with Crippen LogP contribution in [0.15, 0.2) is 42.5 Å². The molecule has 0 heterocycles. The van der Waals surface area contributed by atoms with Gasteiger partial charge in [-0.25, -0.2) is 4.79 Å². The minimum atomic E-state index is -0.605. The molecule has 0 saturated heterocycles. The Hall–Kier alpha value is -3.02. The van der Waals surface area contributed by atoms with Crippen molar-refractivity contribution in [2.24, 2.45) is 5.92 Å². The molecule has 0 aliphatic heterocycles. The fourth-order valence-electron chi connectivity index (χ4n) is 2.45. The summed E-state index contributed by atoms with van der Waals surface area (Å²) in [6.07, 6.45) is 0.920. The smallest absolute Gasteiger partial charge is 0.338 e. The summed E-state index contributed by atoms with van der Waals surface area (Å²) < 4.78 is 16.1. The van der Waals surface area contributed by atoms with Crippen LogP contribution in [0.4, 0.5) is 5.69 Å². The molecular weight excluding hydrogens is 358 g/mol. The number of ether oxygens (including phenoxy) is 3. The molecule has 0 atom stereocenters. The summed E-state index contributed by atoms with van der Waals surface area (Å²) >= 11 is 0. The van der Waals surface area contributed by atoms with Gasteiger partial charge in [0, 0.05) is 5.69 Å². The van der Waals surface area contributed by atoms with Crippen LogP contribution in [0.1, 0.15) is 36.2 Å². The Bertz CT molecular complexity index is 816. The lowest BCUT2D eigenvalue weighted by atomic mass is 10.1. The second-order valence-electron chi connectivity index (χ2n) is 6.89. The van der Waals surface area contributed by atoms with Crippen molar-refractivity contribution in [2.75, 3.05) is 25.6 Å². The van der Waals surface area contributed by atoms with Gasteiger partial charge in [0.25, 0.3) is 5.91 Å². The van der Waals surface area contributed by atoms with Crippen molar-refractivity contribution in [1.82, 2.24) is 0 Å². The molecule has 0 bridgehead atoms. The number of hydrogen-bond acceptors (Lipinski definition) is 5. The molecule has 2 aromatic carbocycles. The highest BCUT2D eigenvalue weighted by Gasteiger charge is 2.14. The van der Waals surface area contributed by atoms with Crippen LogP contribution in [0.3, 0.4) is 0 Å². The van der Waals surface area contributed by atoms with E-state index in [4.69, 9.17) is 14.2 Å². The van der Waals surface area contributed by atoms with Gasteiger partial charge in [-0.1, -0.05) is 26.0 Å². The fraction of sp³-hybridized carbons (Fsp3) is 0.364. The summed E-state index contributed by atoms with van der Waals surface area (Å²) in [5, 5.41) is 2.69. The van der Waals surface area contributed by atoms with E-state index in [-0.39, 0.29) is 12.2 Å². The monoisotopic (exact) mass is 385 g/mol. The molecular formula is C22H27NO5. The van der Waals surface area contributed by atoms with E-state index in [2.05, 4.69) is 19.2 Å². The number of esters is 1.